The molecule has 5 nitrogen and oxygen atoms in total. The van der Waals surface area contributed by atoms with Crippen molar-refractivity contribution in [3.63, 3.8) is 0 Å². The van der Waals surface area contributed by atoms with Gasteiger partial charge in [0.1, 0.15) is 0 Å². The van der Waals surface area contributed by atoms with Crippen molar-refractivity contribution in [2.45, 2.75) is 26.2 Å². The van der Waals surface area contributed by atoms with Gasteiger partial charge in [0, 0.05) is 48.7 Å². The highest BCUT2D eigenvalue weighted by Gasteiger charge is 2.24. The van der Waals surface area contributed by atoms with Gasteiger partial charge in [-0.2, -0.15) is 0 Å². The van der Waals surface area contributed by atoms with Gasteiger partial charge in [-0.1, -0.05) is 41.4 Å². The molecule has 1 N–H and O–H groups in total. The number of carbonyl (C=O) groups is 1. The molecule has 1 atom stereocenters. The number of rotatable bonds is 7. The standard InChI is InChI=1S/C24H25Cl2N3O2/c1-16-6-7-18(25)12-21(16)29-11-10-17(15-29)13-27-23(30)8-9-24-28-14-22(31-24)19-4-2-3-5-20(19)26/h2-7,12,14,17H,8-11,13,15H2,1H3,(H,27,30). The van der Waals surface area contributed by atoms with E-state index < -0.39 is 0 Å². The largest absolute Gasteiger partial charge is 0.441 e. The fourth-order valence-electron chi connectivity index (χ4n) is 3.92. The number of hydrogen-bond donors (Lipinski definition) is 1. The van der Waals surface area contributed by atoms with Crippen LogP contribution in [0.4, 0.5) is 5.69 Å². The number of halogens is 2. The van der Waals surface area contributed by atoms with E-state index in [1.54, 1.807) is 6.20 Å². The molecule has 0 saturated carbocycles. The van der Waals surface area contributed by atoms with Gasteiger partial charge in [-0.25, -0.2) is 4.98 Å². The zero-order valence-corrected chi connectivity index (χ0v) is 18.9. The Morgan fingerprint density at radius 3 is 2.94 bits per heavy atom. The summed E-state index contributed by atoms with van der Waals surface area (Å²) in [6.07, 6.45) is 3.49. The monoisotopic (exact) mass is 457 g/mol. The molecule has 3 aromatic rings. The average Bonchev–Trinajstić information content (AvgIpc) is 3.42. The Morgan fingerprint density at radius 2 is 2.10 bits per heavy atom. The Morgan fingerprint density at radius 1 is 1.26 bits per heavy atom. The predicted octanol–water partition coefficient (Wildman–Crippen LogP) is 5.53. The lowest BCUT2D eigenvalue weighted by atomic mass is 10.1. The number of benzene rings is 2. The molecule has 0 radical (unpaired) electrons. The maximum atomic E-state index is 12.3. The van der Waals surface area contributed by atoms with Crippen molar-refractivity contribution in [1.82, 2.24) is 10.3 Å². The fourth-order valence-corrected chi connectivity index (χ4v) is 4.31. The van der Waals surface area contributed by atoms with Gasteiger partial charge in [0.05, 0.1) is 11.2 Å². The van der Waals surface area contributed by atoms with Crippen molar-refractivity contribution in [2.75, 3.05) is 24.5 Å². The summed E-state index contributed by atoms with van der Waals surface area (Å²) in [5.74, 6) is 1.59. The van der Waals surface area contributed by atoms with Crippen LogP contribution >= 0.6 is 23.2 Å². The number of nitrogens with zero attached hydrogens (tertiary/aromatic N) is 2. The molecule has 0 bridgehead atoms. The molecular weight excluding hydrogens is 433 g/mol. The number of anilines is 1. The van der Waals surface area contributed by atoms with Gasteiger partial charge in [0.15, 0.2) is 11.7 Å². The summed E-state index contributed by atoms with van der Waals surface area (Å²) in [6.45, 7) is 4.66. The van der Waals surface area contributed by atoms with E-state index in [1.807, 2.05) is 42.5 Å². The van der Waals surface area contributed by atoms with E-state index in [0.29, 0.717) is 42.0 Å². The smallest absolute Gasteiger partial charge is 0.220 e. The normalized spacial score (nSPS) is 16.0. The van der Waals surface area contributed by atoms with Crippen LogP contribution in [0.2, 0.25) is 10.0 Å². The van der Waals surface area contributed by atoms with Crippen LogP contribution in [0.15, 0.2) is 53.1 Å². The highest BCUT2D eigenvalue weighted by Crippen LogP contribution is 2.30. The maximum absolute atomic E-state index is 12.3. The molecule has 7 heteroatoms. The maximum Gasteiger partial charge on any atom is 0.220 e. The first-order valence-electron chi connectivity index (χ1n) is 10.5. The second kappa shape index (κ2) is 9.75. The molecule has 1 aliphatic rings. The van der Waals surface area contributed by atoms with Crippen molar-refractivity contribution in [3.8, 4) is 11.3 Å². The summed E-state index contributed by atoms with van der Waals surface area (Å²) in [5.41, 5.74) is 3.20. The van der Waals surface area contributed by atoms with Gasteiger partial charge in [0.2, 0.25) is 5.91 Å². The van der Waals surface area contributed by atoms with E-state index in [4.69, 9.17) is 27.6 Å². The Labute approximate surface area is 192 Å². The first-order valence-corrected chi connectivity index (χ1v) is 11.2. The van der Waals surface area contributed by atoms with E-state index in [9.17, 15) is 4.79 Å². The number of nitrogens with one attached hydrogen (secondary N) is 1. The molecule has 1 aliphatic heterocycles. The average molecular weight is 458 g/mol. The van der Waals surface area contributed by atoms with Gasteiger partial charge < -0.3 is 14.6 Å². The van der Waals surface area contributed by atoms with Crippen LogP contribution in [-0.2, 0) is 11.2 Å². The number of oxazole rings is 1. The number of hydrogen-bond acceptors (Lipinski definition) is 4. The highest BCUT2D eigenvalue weighted by atomic mass is 35.5. The zero-order valence-electron chi connectivity index (χ0n) is 17.4. The number of aryl methyl sites for hydroxylation is 2. The Bertz CT molecular complexity index is 1070. The van der Waals surface area contributed by atoms with Crippen molar-refractivity contribution in [1.29, 1.82) is 0 Å². The third kappa shape index (κ3) is 5.41. The summed E-state index contributed by atoms with van der Waals surface area (Å²) >= 11 is 12.4. The summed E-state index contributed by atoms with van der Waals surface area (Å²) in [7, 11) is 0. The van der Waals surface area contributed by atoms with E-state index >= 15 is 0 Å². The molecule has 2 aromatic carbocycles. The minimum Gasteiger partial charge on any atom is -0.441 e. The first kappa shape index (κ1) is 21.7. The Balaban J connectivity index is 1.23. The second-order valence-electron chi connectivity index (χ2n) is 7.93. The van der Waals surface area contributed by atoms with Gasteiger partial charge in [0.25, 0.3) is 0 Å². The van der Waals surface area contributed by atoms with Crippen molar-refractivity contribution < 1.29 is 9.21 Å². The molecule has 1 unspecified atom stereocenters. The molecule has 4 rings (SSSR count). The molecule has 0 aliphatic carbocycles. The van der Waals surface area contributed by atoms with Crippen LogP contribution < -0.4 is 10.2 Å². The molecule has 1 saturated heterocycles. The van der Waals surface area contributed by atoms with Gasteiger partial charge in [-0.05, 0) is 49.1 Å². The molecule has 1 fully saturated rings. The molecule has 0 spiro atoms. The molecule has 31 heavy (non-hydrogen) atoms. The summed E-state index contributed by atoms with van der Waals surface area (Å²) in [6, 6.07) is 13.4. The first-order chi connectivity index (χ1) is 15.0. The topological polar surface area (TPSA) is 58.4 Å². The van der Waals surface area contributed by atoms with E-state index in [-0.39, 0.29) is 5.91 Å². The minimum atomic E-state index is 0.00915. The summed E-state index contributed by atoms with van der Waals surface area (Å²) in [5, 5.41) is 4.42. The van der Waals surface area contributed by atoms with Crippen LogP contribution in [0.25, 0.3) is 11.3 Å². The second-order valence-corrected chi connectivity index (χ2v) is 8.78. The van der Waals surface area contributed by atoms with E-state index in [0.717, 1.165) is 30.1 Å². The van der Waals surface area contributed by atoms with Gasteiger partial charge in [-0.15, -0.1) is 0 Å². The lowest BCUT2D eigenvalue weighted by Gasteiger charge is -2.21. The third-order valence-electron chi connectivity index (χ3n) is 5.64. The quantitative estimate of drug-likeness (QED) is 0.506. The number of amides is 1. The lowest BCUT2D eigenvalue weighted by molar-refractivity contribution is -0.121. The third-order valence-corrected chi connectivity index (χ3v) is 6.21. The number of aromatic nitrogens is 1. The van der Waals surface area contributed by atoms with Crippen LogP contribution in [-0.4, -0.2) is 30.5 Å². The van der Waals surface area contributed by atoms with Gasteiger partial charge >= 0.3 is 0 Å². The highest BCUT2D eigenvalue weighted by molar-refractivity contribution is 6.33. The summed E-state index contributed by atoms with van der Waals surface area (Å²) < 4.78 is 5.77. The van der Waals surface area contributed by atoms with Crippen LogP contribution in [0.5, 0.6) is 0 Å². The SMILES string of the molecule is Cc1ccc(Cl)cc1N1CCC(CNC(=O)CCc2ncc(-c3ccccc3Cl)o2)C1. The van der Waals surface area contributed by atoms with Crippen molar-refractivity contribution >= 4 is 34.8 Å². The van der Waals surface area contributed by atoms with Crippen LogP contribution in [0.3, 0.4) is 0 Å². The molecule has 1 aromatic heterocycles. The molecular formula is C24H25Cl2N3O2. The van der Waals surface area contributed by atoms with E-state index in [2.05, 4.69) is 22.1 Å². The number of carbonyl (C=O) groups excluding carboxylic acids is 1. The summed E-state index contributed by atoms with van der Waals surface area (Å²) in [4.78, 5) is 18.9. The van der Waals surface area contributed by atoms with Crippen LogP contribution in [0.1, 0.15) is 24.3 Å². The van der Waals surface area contributed by atoms with Crippen molar-refractivity contribution in [3.05, 3.63) is 70.2 Å². The van der Waals surface area contributed by atoms with E-state index in [1.165, 1.54) is 11.3 Å². The fraction of sp³-hybridized carbons (Fsp3) is 0.333. The minimum absolute atomic E-state index is 0.00915. The Hall–Kier alpha value is -2.50. The van der Waals surface area contributed by atoms with Crippen molar-refractivity contribution in [2.24, 2.45) is 5.92 Å². The predicted molar refractivity (Wildman–Crippen MR) is 125 cm³/mol. The lowest BCUT2D eigenvalue weighted by Crippen LogP contribution is -2.31. The Kier molecular flexibility index (Phi) is 6.83. The zero-order chi connectivity index (χ0) is 21.8. The molecule has 162 valence electrons. The van der Waals surface area contributed by atoms with Crippen LogP contribution in [0, 0.1) is 12.8 Å². The van der Waals surface area contributed by atoms with Gasteiger partial charge in [-0.3, -0.25) is 4.79 Å². The molecule has 1 amide bonds. The molecule has 2 heterocycles.